The summed E-state index contributed by atoms with van der Waals surface area (Å²) in [5.74, 6) is -3.44. The Morgan fingerprint density at radius 1 is 0.325 bits per heavy atom. The molecule has 0 radical (unpaired) electrons. The van der Waals surface area contributed by atoms with E-state index in [0.29, 0.717) is 16.8 Å². The van der Waals surface area contributed by atoms with Crippen LogP contribution in [0, 0.1) is 0 Å². The lowest BCUT2D eigenvalue weighted by Gasteiger charge is -2.14. The molecule has 0 aliphatic carbocycles. The molecule has 0 spiro atoms. The van der Waals surface area contributed by atoms with Crippen molar-refractivity contribution >= 4 is 46.8 Å². The van der Waals surface area contributed by atoms with Gasteiger partial charge >= 0.3 is 0 Å². The van der Waals surface area contributed by atoms with Crippen LogP contribution in [-0.2, 0) is 0 Å². The van der Waals surface area contributed by atoms with Crippen LogP contribution in [-0.4, -0.2) is 35.4 Å². The molecular weight excluding hydrogens is 512 g/mol. The Morgan fingerprint density at radius 2 is 0.800 bits per heavy atom. The lowest BCUT2D eigenvalue weighted by Crippen LogP contribution is -2.30. The number of amides is 6. The molecule has 3 aliphatic heterocycles. The topological polar surface area (TPSA) is 151 Å². The number of carbonyl (C=O) groups excluding carboxylic acids is 6. The highest BCUT2D eigenvalue weighted by Crippen LogP contribution is 2.28. The first-order chi connectivity index (χ1) is 19.3. The van der Waals surface area contributed by atoms with E-state index in [1.54, 1.807) is 30.3 Å². The molecule has 7 rings (SSSR count). The first kappa shape index (κ1) is 24.4. The first-order valence-electron chi connectivity index (χ1n) is 12.1. The molecule has 0 atom stereocenters. The third kappa shape index (κ3) is 4.39. The molecule has 40 heavy (non-hydrogen) atoms. The Labute approximate surface area is 226 Å². The molecule has 0 saturated carbocycles. The monoisotopic (exact) mass is 530 g/mol. The van der Waals surface area contributed by atoms with E-state index in [2.05, 4.69) is 21.3 Å². The molecule has 4 aromatic carbocycles. The third-order valence-electron chi connectivity index (χ3n) is 6.59. The number of imide groups is 2. The van der Waals surface area contributed by atoms with E-state index < -0.39 is 35.4 Å². The average Bonchev–Trinajstić information content (AvgIpc) is 3.25. The predicted octanol–water partition coefficient (Wildman–Crippen LogP) is 3.63. The van der Waals surface area contributed by atoms with E-state index in [9.17, 15) is 28.8 Å². The molecule has 0 unspecified atom stereocenters. The molecule has 4 aromatic rings. The molecule has 6 amide bonds. The highest BCUT2D eigenvalue weighted by Gasteiger charge is 2.27. The summed E-state index contributed by atoms with van der Waals surface area (Å²) in [6, 6.07) is 21.3. The van der Waals surface area contributed by atoms with Gasteiger partial charge in [-0.15, -0.1) is 0 Å². The van der Waals surface area contributed by atoms with Gasteiger partial charge in [0.25, 0.3) is 35.4 Å². The SMILES string of the molecule is O=C1NC(=O)c2cccc(c2)NC(=O)c2ccc(-c3ccc4c(c3)C(=O)NC4=O)cc2C(=O)Nc2ccc1cc2. The number of carbonyl (C=O) groups is 6. The lowest BCUT2D eigenvalue weighted by molar-refractivity contribution is 0.0841. The van der Waals surface area contributed by atoms with Gasteiger partial charge in [0.2, 0.25) is 0 Å². The van der Waals surface area contributed by atoms with Crippen molar-refractivity contribution in [2.24, 2.45) is 0 Å². The summed E-state index contributed by atoms with van der Waals surface area (Å²) in [6.07, 6.45) is 0. The minimum Gasteiger partial charge on any atom is -0.322 e. The molecule has 10 nitrogen and oxygen atoms in total. The minimum absolute atomic E-state index is 0.0390. The molecule has 0 fully saturated rings. The molecule has 0 saturated heterocycles. The highest BCUT2D eigenvalue weighted by atomic mass is 16.2. The van der Waals surface area contributed by atoms with Crippen LogP contribution in [0.2, 0.25) is 0 Å². The van der Waals surface area contributed by atoms with Gasteiger partial charge in [0, 0.05) is 22.5 Å². The number of hydrogen-bond donors (Lipinski definition) is 4. The second-order valence-electron chi connectivity index (χ2n) is 9.15. The van der Waals surface area contributed by atoms with Crippen LogP contribution >= 0.6 is 0 Å². The lowest BCUT2D eigenvalue weighted by atomic mass is 9.95. The van der Waals surface area contributed by atoms with Crippen molar-refractivity contribution in [2.75, 3.05) is 10.6 Å². The predicted molar refractivity (Wildman–Crippen MR) is 144 cm³/mol. The third-order valence-corrected chi connectivity index (χ3v) is 6.59. The Bertz CT molecular complexity index is 1810. The van der Waals surface area contributed by atoms with Crippen LogP contribution in [0.5, 0.6) is 0 Å². The van der Waals surface area contributed by atoms with Gasteiger partial charge in [-0.3, -0.25) is 39.4 Å². The van der Waals surface area contributed by atoms with Gasteiger partial charge in [-0.25, -0.2) is 0 Å². The van der Waals surface area contributed by atoms with Gasteiger partial charge in [0.1, 0.15) is 0 Å². The van der Waals surface area contributed by atoms with Crippen LogP contribution in [0.1, 0.15) is 62.1 Å². The highest BCUT2D eigenvalue weighted by molar-refractivity contribution is 6.22. The Kier molecular flexibility index (Phi) is 5.77. The van der Waals surface area contributed by atoms with E-state index in [1.165, 1.54) is 54.6 Å². The summed E-state index contributed by atoms with van der Waals surface area (Å²) < 4.78 is 0. The van der Waals surface area contributed by atoms with Gasteiger partial charge in [0.05, 0.1) is 22.3 Å². The summed E-state index contributed by atoms with van der Waals surface area (Å²) in [5, 5.41) is 9.97. The molecule has 3 heterocycles. The number of rotatable bonds is 1. The van der Waals surface area contributed by atoms with Gasteiger partial charge in [-0.05, 0) is 77.9 Å². The van der Waals surface area contributed by atoms with Gasteiger partial charge in [-0.1, -0.05) is 18.2 Å². The number of fused-ring (bicyclic) bond motifs is 7. The number of hydrogen-bond acceptors (Lipinski definition) is 6. The Morgan fingerprint density at radius 3 is 1.45 bits per heavy atom. The smallest absolute Gasteiger partial charge is 0.258 e. The molecule has 194 valence electrons. The van der Waals surface area contributed by atoms with Crippen LogP contribution in [0.15, 0.2) is 84.9 Å². The van der Waals surface area contributed by atoms with Crippen LogP contribution in [0.25, 0.3) is 11.1 Å². The molecule has 3 aliphatic rings. The van der Waals surface area contributed by atoms with Crippen molar-refractivity contribution in [3.63, 3.8) is 0 Å². The zero-order chi connectivity index (χ0) is 28.0. The first-order valence-corrected chi connectivity index (χ1v) is 12.1. The van der Waals surface area contributed by atoms with Crippen molar-refractivity contribution in [3.05, 3.63) is 118 Å². The summed E-state index contributed by atoms with van der Waals surface area (Å²) in [6.45, 7) is 0. The van der Waals surface area contributed by atoms with E-state index in [-0.39, 0.29) is 39.1 Å². The van der Waals surface area contributed by atoms with Crippen LogP contribution < -0.4 is 21.3 Å². The molecule has 0 aromatic heterocycles. The summed E-state index contributed by atoms with van der Waals surface area (Å²) in [7, 11) is 0. The zero-order valence-corrected chi connectivity index (χ0v) is 20.5. The normalized spacial score (nSPS) is 14.6. The van der Waals surface area contributed by atoms with Crippen molar-refractivity contribution < 1.29 is 28.8 Å². The van der Waals surface area contributed by atoms with Crippen molar-refractivity contribution in [1.82, 2.24) is 10.6 Å². The fraction of sp³-hybridized carbons (Fsp3) is 0. The minimum atomic E-state index is -0.639. The molecule has 10 heteroatoms. The number of nitrogens with one attached hydrogen (secondary N) is 4. The largest absolute Gasteiger partial charge is 0.322 e. The van der Waals surface area contributed by atoms with Crippen molar-refractivity contribution in [2.45, 2.75) is 0 Å². The fourth-order valence-electron chi connectivity index (χ4n) is 4.54. The van der Waals surface area contributed by atoms with Crippen molar-refractivity contribution in [3.8, 4) is 11.1 Å². The summed E-state index contributed by atoms with van der Waals surface area (Å²) in [5.41, 5.74) is 2.68. The zero-order valence-electron chi connectivity index (χ0n) is 20.5. The Balaban J connectivity index is 1.45. The quantitative estimate of drug-likeness (QED) is 0.276. The standard InChI is InChI=1S/C30H18N4O6/c35-25-15-4-8-19(9-5-15)31-29(39)23-13-16(17-7-11-22-24(14-17)30(40)34-28(22)38)6-10-21(23)27(37)32-20-3-1-2-18(12-20)26(36)33-25/h1-14H,(H,31,39)(H,32,37)(H,33,35,36)(H,34,38,40). The van der Waals surface area contributed by atoms with Crippen LogP contribution in [0.3, 0.4) is 0 Å². The molecule has 4 bridgehead atoms. The van der Waals surface area contributed by atoms with E-state index in [1.807, 2.05) is 0 Å². The second kappa shape index (κ2) is 9.44. The fourth-order valence-corrected chi connectivity index (χ4v) is 4.54. The Hall–Kier alpha value is -5.90. The number of anilines is 2. The molecular formula is C30H18N4O6. The summed E-state index contributed by atoms with van der Waals surface area (Å²) in [4.78, 5) is 76.1. The van der Waals surface area contributed by atoms with E-state index in [0.717, 1.165) is 0 Å². The molecule has 4 N–H and O–H groups in total. The van der Waals surface area contributed by atoms with Gasteiger partial charge in [-0.2, -0.15) is 0 Å². The van der Waals surface area contributed by atoms with Gasteiger partial charge in [0.15, 0.2) is 0 Å². The van der Waals surface area contributed by atoms with E-state index >= 15 is 0 Å². The van der Waals surface area contributed by atoms with Gasteiger partial charge < -0.3 is 10.6 Å². The average molecular weight is 530 g/mol. The van der Waals surface area contributed by atoms with Crippen molar-refractivity contribution in [1.29, 1.82) is 0 Å². The summed E-state index contributed by atoms with van der Waals surface area (Å²) >= 11 is 0. The maximum absolute atomic E-state index is 13.5. The maximum atomic E-state index is 13.5. The number of benzene rings is 4. The van der Waals surface area contributed by atoms with Crippen LogP contribution in [0.4, 0.5) is 11.4 Å². The second-order valence-corrected chi connectivity index (χ2v) is 9.15. The maximum Gasteiger partial charge on any atom is 0.258 e. The van der Waals surface area contributed by atoms with E-state index in [4.69, 9.17) is 0 Å².